The van der Waals surface area contributed by atoms with E-state index in [9.17, 15) is 14.4 Å². The first-order chi connectivity index (χ1) is 13.4. The Morgan fingerprint density at radius 1 is 1.14 bits per heavy atom. The van der Waals surface area contributed by atoms with Gasteiger partial charge in [0.25, 0.3) is 0 Å². The highest BCUT2D eigenvalue weighted by molar-refractivity contribution is 5.89. The largest absolute Gasteiger partial charge is 0.463 e. The fourth-order valence-electron chi connectivity index (χ4n) is 4.50. The second-order valence-electron chi connectivity index (χ2n) is 10.1. The number of cyclic esters (lactones) is 1. The highest BCUT2D eigenvalue weighted by Gasteiger charge is 2.55. The predicted octanol–water partition coefficient (Wildman–Crippen LogP) is 3.97. The smallest absolute Gasteiger partial charge is 0.347 e. The Bertz CT molecular complexity index is 734. The molecular weight excluding hydrogens is 372 g/mol. The van der Waals surface area contributed by atoms with Crippen LogP contribution in [-0.2, 0) is 28.6 Å². The van der Waals surface area contributed by atoms with Crippen LogP contribution in [0.4, 0.5) is 0 Å². The van der Waals surface area contributed by atoms with Crippen LogP contribution in [0.5, 0.6) is 0 Å². The lowest BCUT2D eigenvalue weighted by Gasteiger charge is -2.49. The molecule has 2 bridgehead atoms. The number of esters is 3. The summed E-state index contributed by atoms with van der Waals surface area (Å²) in [6.07, 6.45) is 5.98. The van der Waals surface area contributed by atoms with E-state index in [1.54, 1.807) is 27.7 Å². The van der Waals surface area contributed by atoms with Crippen LogP contribution in [-0.4, -0.2) is 36.2 Å². The molecule has 1 saturated heterocycles. The fourth-order valence-corrected chi connectivity index (χ4v) is 4.50. The Morgan fingerprint density at radius 2 is 1.79 bits per heavy atom. The molecule has 0 radical (unpaired) electrons. The van der Waals surface area contributed by atoms with Crippen molar-refractivity contribution in [2.24, 2.45) is 22.7 Å². The van der Waals surface area contributed by atoms with Crippen LogP contribution >= 0.6 is 0 Å². The van der Waals surface area contributed by atoms with Crippen molar-refractivity contribution in [2.45, 2.75) is 85.4 Å². The molecule has 6 nitrogen and oxygen atoms in total. The third-order valence-corrected chi connectivity index (χ3v) is 7.79. The molecule has 2 aliphatic carbocycles. The third-order valence-electron chi connectivity index (χ3n) is 7.79. The second kappa shape index (κ2) is 7.44. The number of carbonyl (C=O) groups is 3. The summed E-state index contributed by atoms with van der Waals surface area (Å²) in [5, 5.41) is 0. The van der Waals surface area contributed by atoms with Crippen LogP contribution in [0.1, 0.15) is 73.6 Å². The van der Waals surface area contributed by atoms with E-state index < -0.39 is 40.4 Å². The number of fused-ring (bicyclic) bond motifs is 2. The summed E-state index contributed by atoms with van der Waals surface area (Å²) in [4.78, 5) is 37.9. The van der Waals surface area contributed by atoms with Crippen LogP contribution in [0.2, 0.25) is 0 Å². The maximum Gasteiger partial charge on any atom is 0.347 e. The summed E-state index contributed by atoms with van der Waals surface area (Å²) in [5.74, 6) is -1.11. The summed E-state index contributed by atoms with van der Waals surface area (Å²) in [5.41, 5.74) is -1.43. The molecule has 0 aromatic carbocycles. The average Bonchev–Trinajstić information content (AvgIpc) is 3.05. The monoisotopic (exact) mass is 406 g/mol. The molecule has 4 atom stereocenters. The molecule has 0 aromatic rings. The summed E-state index contributed by atoms with van der Waals surface area (Å²) < 4.78 is 16.4. The van der Waals surface area contributed by atoms with Crippen molar-refractivity contribution in [1.82, 2.24) is 0 Å². The van der Waals surface area contributed by atoms with E-state index in [0.29, 0.717) is 12.3 Å². The molecule has 2 fully saturated rings. The summed E-state index contributed by atoms with van der Waals surface area (Å²) in [6, 6.07) is 0. The zero-order valence-corrected chi connectivity index (χ0v) is 18.5. The molecule has 4 unspecified atom stereocenters. The Labute approximate surface area is 173 Å². The van der Waals surface area contributed by atoms with Gasteiger partial charge in [-0.05, 0) is 60.3 Å². The fraction of sp³-hybridized carbons (Fsp3) is 0.783. The molecule has 0 spiro atoms. The van der Waals surface area contributed by atoms with Gasteiger partial charge >= 0.3 is 17.9 Å². The molecule has 1 aliphatic heterocycles. The zero-order chi connectivity index (χ0) is 21.6. The molecular formula is C23H34O6. The van der Waals surface area contributed by atoms with Crippen LogP contribution in [0, 0.1) is 22.7 Å². The number of carbonyl (C=O) groups excluding carboxylic acids is 3. The Kier molecular flexibility index (Phi) is 5.61. The van der Waals surface area contributed by atoms with Gasteiger partial charge in [-0.3, -0.25) is 9.59 Å². The SMILES string of the molecule is CC1C=C2CCCC(C2)C1(C)OC(=O)C(C)(C)C(C)(C)C(=O)OC1CCOC1=O. The van der Waals surface area contributed by atoms with Crippen molar-refractivity contribution in [3.63, 3.8) is 0 Å². The first-order valence-corrected chi connectivity index (χ1v) is 10.7. The number of rotatable bonds is 5. The van der Waals surface area contributed by atoms with Gasteiger partial charge in [-0.2, -0.15) is 0 Å². The van der Waals surface area contributed by atoms with Crippen molar-refractivity contribution in [1.29, 1.82) is 0 Å². The van der Waals surface area contributed by atoms with E-state index >= 15 is 0 Å². The minimum absolute atomic E-state index is 0.125. The highest BCUT2D eigenvalue weighted by atomic mass is 16.6. The maximum absolute atomic E-state index is 13.4. The van der Waals surface area contributed by atoms with E-state index in [2.05, 4.69) is 13.0 Å². The van der Waals surface area contributed by atoms with E-state index in [-0.39, 0.29) is 12.5 Å². The summed E-state index contributed by atoms with van der Waals surface area (Å²) >= 11 is 0. The molecule has 0 N–H and O–H groups in total. The van der Waals surface area contributed by atoms with Gasteiger partial charge in [0.05, 0.1) is 17.4 Å². The van der Waals surface area contributed by atoms with Crippen molar-refractivity contribution in [3.05, 3.63) is 11.6 Å². The summed E-state index contributed by atoms with van der Waals surface area (Å²) in [7, 11) is 0. The van der Waals surface area contributed by atoms with Crippen LogP contribution in [0.3, 0.4) is 0 Å². The second-order valence-corrected chi connectivity index (χ2v) is 10.1. The van der Waals surface area contributed by atoms with E-state index in [4.69, 9.17) is 14.2 Å². The quantitative estimate of drug-likeness (QED) is 0.391. The molecule has 0 amide bonds. The van der Waals surface area contributed by atoms with Crippen molar-refractivity contribution >= 4 is 17.9 Å². The van der Waals surface area contributed by atoms with Gasteiger partial charge in [0, 0.05) is 18.3 Å². The predicted molar refractivity (Wildman–Crippen MR) is 107 cm³/mol. The number of ether oxygens (including phenoxy) is 3. The molecule has 1 heterocycles. The first-order valence-electron chi connectivity index (χ1n) is 10.7. The van der Waals surface area contributed by atoms with Gasteiger partial charge in [-0.15, -0.1) is 0 Å². The van der Waals surface area contributed by atoms with Crippen LogP contribution in [0.25, 0.3) is 0 Å². The number of hydrogen-bond donors (Lipinski definition) is 0. The van der Waals surface area contributed by atoms with Gasteiger partial charge in [-0.1, -0.05) is 18.6 Å². The van der Waals surface area contributed by atoms with Gasteiger partial charge in [0.1, 0.15) is 5.60 Å². The van der Waals surface area contributed by atoms with Gasteiger partial charge in [0.15, 0.2) is 0 Å². The van der Waals surface area contributed by atoms with E-state index in [0.717, 1.165) is 25.7 Å². The van der Waals surface area contributed by atoms with Gasteiger partial charge in [0.2, 0.25) is 6.10 Å². The minimum atomic E-state index is -1.17. The molecule has 29 heavy (non-hydrogen) atoms. The Hall–Kier alpha value is -1.85. The molecule has 1 saturated carbocycles. The first kappa shape index (κ1) is 21.8. The highest BCUT2D eigenvalue weighted by Crippen LogP contribution is 2.49. The Balaban J connectivity index is 1.76. The Morgan fingerprint density at radius 3 is 2.41 bits per heavy atom. The normalized spacial score (nSPS) is 32.3. The molecule has 3 rings (SSSR count). The van der Waals surface area contributed by atoms with Gasteiger partial charge in [-0.25, -0.2) is 4.79 Å². The number of hydrogen-bond acceptors (Lipinski definition) is 6. The molecule has 3 aliphatic rings. The molecule has 6 heteroatoms. The van der Waals surface area contributed by atoms with Gasteiger partial charge < -0.3 is 14.2 Å². The zero-order valence-electron chi connectivity index (χ0n) is 18.5. The van der Waals surface area contributed by atoms with Crippen molar-refractivity contribution in [3.8, 4) is 0 Å². The van der Waals surface area contributed by atoms with Crippen molar-refractivity contribution in [2.75, 3.05) is 6.61 Å². The lowest BCUT2D eigenvalue weighted by Crippen LogP contribution is -2.54. The van der Waals surface area contributed by atoms with E-state index in [1.807, 2.05) is 6.92 Å². The molecule has 0 aromatic heterocycles. The van der Waals surface area contributed by atoms with Crippen LogP contribution in [0.15, 0.2) is 11.6 Å². The number of allylic oxidation sites excluding steroid dienone is 1. The lowest BCUT2D eigenvalue weighted by atomic mass is 9.64. The minimum Gasteiger partial charge on any atom is -0.463 e. The topological polar surface area (TPSA) is 78.9 Å². The maximum atomic E-state index is 13.4. The van der Waals surface area contributed by atoms with E-state index in [1.165, 1.54) is 5.57 Å². The lowest BCUT2D eigenvalue weighted by molar-refractivity contribution is -0.196. The molecule has 162 valence electrons. The summed E-state index contributed by atoms with van der Waals surface area (Å²) in [6.45, 7) is 11.1. The van der Waals surface area contributed by atoms with Crippen molar-refractivity contribution < 1.29 is 28.6 Å². The standard InChI is InChI=1S/C23H34O6/c1-14-12-15-8-7-9-16(13-15)23(14,6)29-20(26)22(4,5)21(2,3)19(25)28-17-10-11-27-18(17)24/h12,14,16-17H,7-11,13H2,1-6H3. The third kappa shape index (κ3) is 3.71. The van der Waals surface area contributed by atoms with Crippen LogP contribution < -0.4 is 0 Å². The average molecular weight is 407 g/mol.